The molecule has 0 spiro atoms. The highest BCUT2D eigenvalue weighted by molar-refractivity contribution is 4.97. The van der Waals surface area contributed by atoms with Crippen molar-refractivity contribution in [3.8, 4) is 0 Å². The molecule has 1 atom stereocenters. The minimum absolute atomic E-state index is 0.0368. The Morgan fingerprint density at radius 2 is 2.13 bits per heavy atom. The summed E-state index contributed by atoms with van der Waals surface area (Å²) in [7, 11) is 0. The summed E-state index contributed by atoms with van der Waals surface area (Å²) in [5.41, 5.74) is 0. The van der Waals surface area contributed by atoms with E-state index in [0.717, 1.165) is 6.42 Å². The van der Waals surface area contributed by atoms with Crippen LogP contribution < -0.4 is 0 Å². The second-order valence-corrected chi connectivity index (χ2v) is 3.74. The van der Waals surface area contributed by atoms with Gasteiger partial charge in [-0.15, -0.1) is 0 Å². The van der Waals surface area contributed by atoms with E-state index in [0.29, 0.717) is 6.42 Å². The molecule has 0 fully saturated rings. The normalized spacial score (nSPS) is 14.2. The molecule has 0 N–H and O–H groups in total. The quantitative estimate of drug-likeness (QED) is 0.758. The molecule has 0 saturated carbocycles. The SMILES string of the molecule is CCCC(F)(F)c1ncnn1C(C)CC. The average molecular weight is 217 g/mol. The first kappa shape index (κ1) is 12.1. The van der Waals surface area contributed by atoms with E-state index in [-0.39, 0.29) is 18.3 Å². The van der Waals surface area contributed by atoms with Crippen LogP contribution in [-0.4, -0.2) is 14.8 Å². The maximum absolute atomic E-state index is 13.6. The third-order valence-corrected chi connectivity index (χ3v) is 2.47. The van der Waals surface area contributed by atoms with Crippen molar-refractivity contribution in [1.29, 1.82) is 0 Å². The number of alkyl halides is 2. The van der Waals surface area contributed by atoms with Gasteiger partial charge in [0.15, 0.2) is 5.82 Å². The van der Waals surface area contributed by atoms with Gasteiger partial charge in [0.25, 0.3) is 0 Å². The van der Waals surface area contributed by atoms with Gasteiger partial charge >= 0.3 is 5.92 Å². The van der Waals surface area contributed by atoms with Crippen LogP contribution in [0.4, 0.5) is 8.78 Å². The molecule has 0 bridgehead atoms. The zero-order valence-corrected chi connectivity index (χ0v) is 9.37. The Morgan fingerprint density at radius 1 is 1.47 bits per heavy atom. The van der Waals surface area contributed by atoms with Gasteiger partial charge in [0.2, 0.25) is 0 Å². The lowest BCUT2D eigenvalue weighted by Crippen LogP contribution is -2.22. The Labute approximate surface area is 88.5 Å². The van der Waals surface area contributed by atoms with Gasteiger partial charge in [-0.05, 0) is 19.8 Å². The van der Waals surface area contributed by atoms with Crippen LogP contribution >= 0.6 is 0 Å². The lowest BCUT2D eigenvalue weighted by Gasteiger charge is -2.18. The van der Waals surface area contributed by atoms with Gasteiger partial charge in [0.05, 0.1) is 6.04 Å². The Morgan fingerprint density at radius 3 is 2.67 bits per heavy atom. The first-order chi connectivity index (χ1) is 7.03. The number of hydrogen-bond acceptors (Lipinski definition) is 2. The summed E-state index contributed by atoms with van der Waals surface area (Å²) in [4.78, 5) is 3.68. The molecule has 15 heavy (non-hydrogen) atoms. The minimum Gasteiger partial charge on any atom is -0.242 e. The largest absolute Gasteiger partial charge is 0.306 e. The molecule has 3 nitrogen and oxygen atoms in total. The van der Waals surface area contributed by atoms with Crippen LogP contribution in [0.25, 0.3) is 0 Å². The van der Waals surface area contributed by atoms with E-state index in [9.17, 15) is 8.78 Å². The van der Waals surface area contributed by atoms with Crippen molar-refractivity contribution in [2.24, 2.45) is 0 Å². The molecule has 0 radical (unpaired) electrons. The number of nitrogens with zero attached hydrogens (tertiary/aromatic N) is 3. The topological polar surface area (TPSA) is 30.7 Å². The minimum atomic E-state index is -2.87. The van der Waals surface area contributed by atoms with Gasteiger partial charge in [-0.3, -0.25) is 0 Å². The smallest absolute Gasteiger partial charge is 0.242 e. The fraction of sp³-hybridized carbons (Fsp3) is 0.800. The number of halogens is 2. The summed E-state index contributed by atoms with van der Waals surface area (Å²) in [5, 5.41) is 3.86. The maximum Gasteiger partial charge on any atom is 0.306 e. The molecule has 0 aromatic carbocycles. The highest BCUT2D eigenvalue weighted by atomic mass is 19.3. The summed E-state index contributed by atoms with van der Waals surface area (Å²) in [6, 6.07) is -0.0368. The lowest BCUT2D eigenvalue weighted by atomic mass is 10.1. The van der Waals surface area contributed by atoms with E-state index >= 15 is 0 Å². The lowest BCUT2D eigenvalue weighted by molar-refractivity contribution is -0.0286. The fourth-order valence-corrected chi connectivity index (χ4v) is 1.43. The van der Waals surface area contributed by atoms with Gasteiger partial charge < -0.3 is 0 Å². The van der Waals surface area contributed by atoms with Crippen molar-refractivity contribution in [1.82, 2.24) is 14.8 Å². The third-order valence-electron chi connectivity index (χ3n) is 2.47. The van der Waals surface area contributed by atoms with Crippen molar-refractivity contribution in [3.05, 3.63) is 12.2 Å². The molecular formula is C10H17F2N3. The summed E-state index contributed by atoms with van der Waals surface area (Å²) >= 11 is 0. The van der Waals surface area contributed by atoms with Crippen LogP contribution in [0.5, 0.6) is 0 Å². The fourth-order valence-electron chi connectivity index (χ4n) is 1.43. The van der Waals surface area contributed by atoms with Crippen molar-refractivity contribution < 1.29 is 8.78 Å². The molecule has 1 heterocycles. The summed E-state index contributed by atoms with van der Waals surface area (Å²) < 4.78 is 28.6. The Bertz CT molecular complexity index is 309. The number of aromatic nitrogens is 3. The van der Waals surface area contributed by atoms with Crippen LogP contribution in [-0.2, 0) is 5.92 Å². The van der Waals surface area contributed by atoms with E-state index in [1.54, 1.807) is 6.92 Å². The Hall–Kier alpha value is -1.00. The zero-order chi connectivity index (χ0) is 11.5. The molecule has 1 aromatic rings. The predicted molar refractivity (Wildman–Crippen MR) is 53.8 cm³/mol. The van der Waals surface area contributed by atoms with E-state index in [4.69, 9.17) is 0 Å². The Balaban J connectivity index is 2.98. The molecule has 5 heteroatoms. The number of hydrogen-bond donors (Lipinski definition) is 0. The van der Waals surface area contributed by atoms with Crippen molar-refractivity contribution in [2.45, 2.75) is 52.0 Å². The summed E-state index contributed by atoms with van der Waals surface area (Å²) in [5.74, 6) is -3.08. The van der Waals surface area contributed by atoms with Gasteiger partial charge in [0, 0.05) is 6.42 Å². The molecule has 0 aliphatic heterocycles. The highest BCUT2D eigenvalue weighted by Crippen LogP contribution is 2.32. The first-order valence-corrected chi connectivity index (χ1v) is 5.30. The standard InChI is InChI=1S/C10H17F2N3/c1-4-6-10(11,12)9-13-7-14-15(9)8(3)5-2/h7-8H,4-6H2,1-3H3. The zero-order valence-electron chi connectivity index (χ0n) is 9.37. The van der Waals surface area contributed by atoms with Crippen molar-refractivity contribution in [2.75, 3.05) is 0 Å². The number of rotatable bonds is 5. The Kier molecular flexibility index (Phi) is 3.77. The van der Waals surface area contributed by atoms with Crippen LogP contribution in [0, 0.1) is 0 Å². The van der Waals surface area contributed by atoms with Crippen molar-refractivity contribution >= 4 is 0 Å². The van der Waals surface area contributed by atoms with Gasteiger partial charge in [-0.25, -0.2) is 9.67 Å². The predicted octanol–water partition coefficient (Wildman–Crippen LogP) is 3.14. The van der Waals surface area contributed by atoms with Gasteiger partial charge in [-0.1, -0.05) is 13.8 Å². The molecule has 86 valence electrons. The van der Waals surface area contributed by atoms with Gasteiger partial charge in [-0.2, -0.15) is 13.9 Å². The van der Waals surface area contributed by atoms with E-state index in [1.807, 2.05) is 13.8 Å². The third kappa shape index (κ3) is 2.52. The van der Waals surface area contributed by atoms with Crippen molar-refractivity contribution in [3.63, 3.8) is 0 Å². The molecule has 0 aliphatic carbocycles. The van der Waals surface area contributed by atoms with E-state index in [1.165, 1.54) is 11.0 Å². The molecule has 0 amide bonds. The monoisotopic (exact) mass is 217 g/mol. The maximum atomic E-state index is 13.6. The highest BCUT2D eigenvalue weighted by Gasteiger charge is 2.36. The van der Waals surface area contributed by atoms with E-state index in [2.05, 4.69) is 10.1 Å². The van der Waals surface area contributed by atoms with Crippen LogP contribution in [0.2, 0.25) is 0 Å². The average Bonchev–Trinajstić information content (AvgIpc) is 2.65. The first-order valence-electron chi connectivity index (χ1n) is 5.30. The second kappa shape index (κ2) is 4.68. The molecule has 1 rings (SSSR count). The van der Waals surface area contributed by atoms with E-state index < -0.39 is 5.92 Å². The van der Waals surface area contributed by atoms with Gasteiger partial charge in [0.1, 0.15) is 6.33 Å². The molecular weight excluding hydrogens is 200 g/mol. The molecule has 1 unspecified atom stereocenters. The molecule has 0 aliphatic rings. The summed E-state index contributed by atoms with van der Waals surface area (Å²) in [6.07, 6.45) is 2.21. The molecule has 1 aromatic heterocycles. The van der Waals surface area contributed by atoms with Crippen LogP contribution in [0.1, 0.15) is 51.9 Å². The van der Waals surface area contributed by atoms with Crippen LogP contribution in [0.15, 0.2) is 6.33 Å². The molecule has 0 saturated heterocycles. The van der Waals surface area contributed by atoms with Crippen LogP contribution in [0.3, 0.4) is 0 Å². The summed E-state index contributed by atoms with van der Waals surface area (Å²) in [6.45, 7) is 5.53. The second-order valence-electron chi connectivity index (χ2n) is 3.74.